The first-order valence-corrected chi connectivity index (χ1v) is 9.40. The Labute approximate surface area is 148 Å². The lowest BCUT2D eigenvalue weighted by atomic mass is 9.75. The highest BCUT2D eigenvalue weighted by atomic mass is 16.6. The van der Waals surface area contributed by atoms with Gasteiger partial charge in [0.05, 0.1) is 0 Å². The van der Waals surface area contributed by atoms with Crippen LogP contribution in [0.3, 0.4) is 0 Å². The number of rotatable bonds is 8. The fraction of sp³-hybridized carbons (Fsp3) is 0.762. The Bertz CT molecular complexity index is 454. The molecule has 0 spiro atoms. The highest BCUT2D eigenvalue weighted by Crippen LogP contribution is 2.38. The van der Waals surface area contributed by atoms with Crippen molar-refractivity contribution in [2.45, 2.75) is 78.4 Å². The second-order valence-electron chi connectivity index (χ2n) is 7.95. The molecule has 1 aliphatic rings. The van der Waals surface area contributed by atoms with Crippen LogP contribution in [0, 0.1) is 23.7 Å². The van der Waals surface area contributed by atoms with Gasteiger partial charge >= 0.3 is 5.97 Å². The lowest BCUT2D eigenvalue weighted by molar-refractivity contribution is -0.177. The number of hydrogen-bond acceptors (Lipinski definition) is 3. The summed E-state index contributed by atoms with van der Waals surface area (Å²) in [5.74, 6) is 0.428. The van der Waals surface area contributed by atoms with Gasteiger partial charge in [-0.1, -0.05) is 53.2 Å². The zero-order valence-electron chi connectivity index (χ0n) is 16.2. The third-order valence-electron chi connectivity index (χ3n) is 5.60. The highest BCUT2D eigenvalue weighted by Gasteiger charge is 2.46. The molecule has 1 aliphatic carbocycles. The largest absolute Gasteiger partial charge is 0.460 e. The fourth-order valence-electron chi connectivity index (χ4n) is 3.93. The molecule has 0 aromatic heterocycles. The van der Waals surface area contributed by atoms with E-state index in [2.05, 4.69) is 33.9 Å². The van der Waals surface area contributed by atoms with Gasteiger partial charge in [-0.3, -0.25) is 0 Å². The van der Waals surface area contributed by atoms with Crippen LogP contribution in [-0.2, 0) is 9.53 Å². The summed E-state index contributed by atoms with van der Waals surface area (Å²) >= 11 is 0. The van der Waals surface area contributed by atoms with Crippen molar-refractivity contribution >= 4 is 5.97 Å². The van der Waals surface area contributed by atoms with Crippen LogP contribution in [0.5, 0.6) is 0 Å². The molecule has 0 unspecified atom stereocenters. The summed E-state index contributed by atoms with van der Waals surface area (Å²) in [4.78, 5) is 12.9. The molecule has 0 amide bonds. The van der Waals surface area contributed by atoms with E-state index < -0.39 is 11.6 Å². The molecule has 0 aliphatic heterocycles. The van der Waals surface area contributed by atoms with Gasteiger partial charge in [-0.25, -0.2) is 4.79 Å². The number of aliphatic hydroxyl groups is 1. The molecule has 1 rings (SSSR count). The highest BCUT2D eigenvalue weighted by molar-refractivity contribution is 5.84. The lowest BCUT2D eigenvalue weighted by Crippen LogP contribution is -2.50. The second-order valence-corrected chi connectivity index (χ2v) is 7.95. The van der Waals surface area contributed by atoms with Crippen molar-refractivity contribution in [1.82, 2.24) is 0 Å². The van der Waals surface area contributed by atoms with E-state index in [-0.39, 0.29) is 12.0 Å². The van der Waals surface area contributed by atoms with Crippen molar-refractivity contribution in [1.29, 1.82) is 0 Å². The van der Waals surface area contributed by atoms with E-state index in [9.17, 15) is 9.90 Å². The van der Waals surface area contributed by atoms with Crippen LogP contribution in [0.2, 0.25) is 0 Å². The summed E-state index contributed by atoms with van der Waals surface area (Å²) in [6, 6.07) is 0. The molecular formula is C21H36O3. The second kappa shape index (κ2) is 8.84. The quantitative estimate of drug-likeness (QED) is 0.506. The summed E-state index contributed by atoms with van der Waals surface area (Å²) in [5, 5.41) is 11.1. The number of carbonyl (C=O) groups is 1. The predicted octanol–water partition coefficient (Wildman–Crippen LogP) is 4.90. The minimum absolute atomic E-state index is 0.126. The average molecular weight is 337 g/mol. The Balaban J connectivity index is 3.02. The smallest absolute Gasteiger partial charge is 0.343 e. The maximum atomic E-state index is 12.9. The zero-order chi connectivity index (χ0) is 18.5. The van der Waals surface area contributed by atoms with Crippen LogP contribution < -0.4 is 0 Å². The van der Waals surface area contributed by atoms with Crippen LogP contribution in [0.1, 0.15) is 66.7 Å². The Morgan fingerprint density at radius 2 is 2.04 bits per heavy atom. The zero-order valence-corrected chi connectivity index (χ0v) is 16.2. The summed E-state index contributed by atoms with van der Waals surface area (Å²) in [7, 11) is 0. The van der Waals surface area contributed by atoms with Gasteiger partial charge in [0.2, 0.25) is 0 Å². The summed E-state index contributed by atoms with van der Waals surface area (Å²) in [6.45, 7) is 17.9. The molecule has 0 aromatic carbocycles. The van der Waals surface area contributed by atoms with Crippen molar-refractivity contribution in [3.05, 3.63) is 24.8 Å². The average Bonchev–Trinajstić information content (AvgIpc) is 2.51. The Morgan fingerprint density at radius 1 is 1.42 bits per heavy atom. The molecule has 24 heavy (non-hydrogen) atoms. The molecule has 1 N–H and O–H groups in total. The van der Waals surface area contributed by atoms with Crippen LogP contribution >= 0.6 is 0 Å². The van der Waals surface area contributed by atoms with E-state index in [0.717, 1.165) is 19.3 Å². The molecular weight excluding hydrogens is 300 g/mol. The van der Waals surface area contributed by atoms with Crippen LogP contribution in [0.4, 0.5) is 0 Å². The van der Waals surface area contributed by atoms with Gasteiger partial charge < -0.3 is 9.84 Å². The van der Waals surface area contributed by atoms with Crippen LogP contribution in [0.15, 0.2) is 24.8 Å². The normalized spacial score (nSPS) is 28.0. The molecule has 3 heteroatoms. The van der Waals surface area contributed by atoms with Crippen molar-refractivity contribution in [3.63, 3.8) is 0 Å². The van der Waals surface area contributed by atoms with E-state index in [0.29, 0.717) is 29.7 Å². The van der Waals surface area contributed by atoms with Gasteiger partial charge in [-0.05, 0) is 49.5 Å². The molecule has 138 valence electrons. The first kappa shape index (κ1) is 21.0. The SMILES string of the molecule is C=C[C@H](CCC)[C@](O)(C(=C)C)C(=O)O[C@@H]1C[C@H](C)CC[C@H]1C(C)C. The first-order chi connectivity index (χ1) is 11.2. The van der Waals surface area contributed by atoms with E-state index in [1.807, 2.05) is 6.92 Å². The summed E-state index contributed by atoms with van der Waals surface area (Å²) in [6.07, 6.45) is 6.18. The van der Waals surface area contributed by atoms with E-state index in [1.54, 1.807) is 13.0 Å². The first-order valence-electron chi connectivity index (χ1n) is 9.40. The maximum absolute atomic E-state index is 12.9. The Kier molecular flexibility index (Phi) is 7.72. The molecule has 0 radical (unpaired) electrons. The van der Waals surface area contributed by atoms with Gasteiger partial charge in [0.25, 0.3) is 0 Å². The minimum atomic E-state index is -1.68. The van der Waals surface area contributed by atoms with Gasteiger partial charge in [0.15, 0.2) is 5.60 Å². The van der Waals surface area contributed by atoms with Crippen molar-refractivity contribution in [3.8, 4) is 0 Å². The molecule has 0 aromatic rings. The monoisotopic (exact) mass is 336 g/mol. The third-order valence-corrected chi connectivity index (χ3v) is 5.60. The van der Waals surface area contributed by atoms with E-state index in [4.69, 9.17) is 4.74 Å². The standard InChI is InChI=1S/C21H36O3/c1-8-10-17(9-2)21(23,15(5)6)20(22)24-19-13-16(7)11-12-18(19)14(3)4/h9,14,16-19,23H,2,5,8,10-13H2,1,3-4,6-7H3/t16-,17-,18+,19-,21-/m1/s1. The topological polar surface area (TPSA) is 46.5 Å². The summed E-state index contributed by atoms with van der Waals surface area (Å²) < 4.78 is 5.89. The number of esters is 1. The summed E-state index contributed by atoms with van der Waals surface area (Å²) in [5.41, 5.74) is -1.25. The Hall–Kier alpha value is -1.09. The number of carbonyl (C=O) groups excluding carboxylic acids is 1. The maximum Gasteiger partial charge on any atom is 0.343 e. The van der Waals surface area contributed by atoms with Gasteiger partial charge in [0.1, 0.15) is 6.10 Å². The van der Waals surface area contributed by atoms with Gasteiger partial charge in [0, 0.05) is 5.92 Å². The molecule has 0 heterocycles. The lowest BCUT2D eigenvalue weighted by Gasteiger charge is -2.40. The molecule has 5 atom stereocenters. The van der Waals surface area contributed by atoms with Crippen molar-refractivity contribution in [2.75, 3.05) is 0 Å². The molecule has 0 bridgehead atoms. The van der Waals surface area contributed by atoms with Crippen LogP contribution in [0.25, 0.3) is 0 Å². The van der Waals surface area contributed by atoms with Crippen molar-refractivity contribution in [2.24, 2.45) is 23.7 Å². The van der Waals surface area contributed by atoms with Crippen molar-refractivity contribution < 1.29 is 14.6 Å². The van der Waals surface area contributed by atoms with Gasteiger partial charge in [-0.2, -0.15) is 0 Å². The van der Waals surface area contributed by atoms with Gasteiger partial charge in [-0.15, -0.1) is 6.58 Å². The third kappa shape index (κ3) is 4.50. The molecule has 1 saturated carbocycles. The molecule has 1 fully saturated rings. The number of ether oxygens (including phenoxy) is 1. The molecule has 3 nitrogen and oxygen atoms in total. The molecule has 0 saturated heterocycles. The van der Waals surface area contributed by atoms with E-state index in [1.165, 1.54) is 6.42 Å². The number of hydrogen-bond donors (Lipinski definition) is 1. The Morgan fingerprint density at radius 3 is 2.50 bits per heavy atom. The minimum Gasteiger partial charge on any atom is -0.460 e. The van der Waals surface area contributed by atoms with Crippen LogP contribution in [-0.4, -0.2) is 22.8 Å². The fourth-order valence-corrected chi connectivity index (χ4v) is 3.93. The van der Waals surface area contributed by atoms with E-state index >= 15 is 0 Å². The predicted molar refractivity (Wildman–Crippen MR) is 99.6 cm³/mol.